The third-order valence-corrected chi connectivity index (χ3v) is 6.56. The minimum Gasteiger partial charge on any atom is -0.493 e. The number of carbonyl (C=O) groups is 1. The highest BCUT2D eigenvalue weighted by Crippen LogP contribution is 2.37. The topological polar surface area (TPSA) is 47.6 Å². The van der Waals surface area contributed by atoms with Gasteiger partial charge in [0.2, 0.25) is 5.91 Å². The first kappa shape index (κ1) is 21.3. The number of hydrogen-bond donors (Lipinski definition) is 1. The first-order chi connectivity index (χ1) is 14.5. The summed E-state index contributed by atoms with van der Waals surface area (Å²) < 4.78 is 11.8. The van der Waals surface area contributed by atoms with Crippen molar-refractivity contribution in [1.29, 1.82) is 0 Å². The van der Waals surface area contributed by atoms with E-state index < -0.39 is 0 Å². The van der Waals surface area contributed by atoms with Crippen LogP contribution in [0.4, 0.5) is 0 Å². The molecule has 0 bridgehead atoms. The Labute approximate surface area is 187 Å². The van der Waals surface area contributed by atoms with E-state index in [1.165, 1.54) is 12.8 Å². The van der Waals surface area contributed by atoms with Crippen molar-refractivity contribution in [2.24, 2.45) is 5.92 Å². The molecule has 6 heteroatoms. The predicted octanol–water partition coefficient (Wildman–Crippen LogP) is 5.79. The molecule has 2 aliphatic rings. The summed E-state index contributed by atoms with van der Waals surface area (Å²) in [6.07, 6.45) is 6.27. The van der Waals surface area contributed by atoms with Gasteiger partial charge in [0.15, 0.2) is 11.5 Å². The Morgan fingerprint density at radius 1 is 1.03 bits per heavy atom. The van der Waals surface area contributed by atoms with Gasteiger partial charge in [-0.25, -0.2) is 0 Å². The minimum absolute atomic E-state index is 0.0817. The molecule has 1 N–H and O–H groups in total. The molecule has 1 aliphatic heterocycles. The molecule has 1 amide bonds. The summed E-state index contributed by atoms with van der Waals surface area (Å²) in [4.78, 5) is 12.5. The number of piperidine rings is 1. The standard InChI is InChI=1S/C24H27Cl2NO3/c1-29-22-7-6-16(12-23(22)30-21-4-2-3-5-21)18-11-17(24(28)27-14-18)8-15-9-19(25)13-20(26)10-15/h6-7,9-10,12-13,17-18,21H,2-5,8,11,14H2,1H3,(H,27,28)/t17-,18+/m0/s1. The van der Waals surface area contributed by atoms with Gasteiger partial charge in [-0.2, -0.15) is 0 Å². The highest BCUT2D eigenvalue weighted by molar-refractivity contribution is 6.34. The highest BCUT2D eigenvalue weighted by atomic mass is 35.5. The molecule has 1 aliphatic carbocycles. The number of methoxy groups -OCH3 is 1. The lowest BCUT2D eigenvalue weighted by Gasteiger charge is -2.30. The maximum Gasteiger partial charge on any atom is 0.223 e. The fourth-order valence-corrected chi connectivity index (χ4v) is 5.14. The molecule has 0 spiro atoms. The van der Waals surface area contributed by atoms with E-state index >= 15 is 0 Å². The van der Waals surface area contributed by atoms with Gasteiger partial charge in [-0.15, -0.1) is 0 Å². The van der Waals surface area contributed by atoms with Gasteiger partial charge in [0, 0.05) is 28.4 Å². The summed E-state index contributed by atoms with van der Waals surface area (Å²) in [7, 11) is 1.67. The van der Waals surface area contributed by atoms with Gasteiger partial charge in [0.05, 0.1) is 13.2 Å². The molecule has 4 nitrogen and oxygen atoms in total. The van der Waals surface area contributed by atoms with Crippen LogP contribution in [-0.2, 0) is 11.2 Å². The van der Waals surface area contributed by atoms with Crippen molar-refractivity contribution < 1.29 is 14.3 Å². The van der Waals surface area contributed by atoms with Crippen molar-refractivity contribution in [2.75, 3.05) is 13.7 Å². The molecule has 2 fully saturated rings. The SMILES string of the molecule is COc1ccc([C@H]2CNC(=O)[C@@H](Cc3cc(Cl)cc(Cl)c3)C2)cc1OC1CCCC1. The Balaban J connectivity index is 1.51. The third kappa shape index (κ3) is 5.04. The van der Waals surface area contributed by atoms with Crippen molar-refractivity contribution in [3.8, 4) is 11.5 Å². The molecule has 0 unspecified atom stereocenters. The largest absolute Gasteiger partial charge is 0.493 e. The lowest BCUT2D eigenvalue weighted by molar-refractivity contribution is -0.126. The number of carbonyl (C=O) groups excluding carboxylic acids is 1. The first-order valence-electron chi connectivity index (χ1n) is 10.6. The van der Waals surface area contributed by atoms with Crippen LogP contribution in [0.3, 0.4) is 0 Å². The second-order valence-corrected chi connectivity index (χ2v) is 9.16. The van der Waals surface area contributed by atoms with E-state index in [4.69, 9.17) is 32.7 Å². The molecule has 1 heterocycles. The fourth-order valence-electron chi connectivity index (χ4n) is 4.57. The molecule has 2 aromatic carbocycles. The Bertz CT molecular complexity index is 891. The molecule has 30 heavy (non-hydrogen) atoms. The van der Waals surface area contributed by atoms with E-state index in [0.717, 1.165) is 41.9 Å². The average molecular weight is 448 g/mol. The molecule has 160 valence electrons. The van der Waals surface area contributed by atoms with Gasteiger partial charge in [-0.05, 0) is 80.0 Å². The highest BCUT2D eigenvalue weighted by Gasteiger charge is 2.30. The Morgan fingerprint density at radius 2 is 1.77 bits per heavy atom. The van der Waals surface area contributed by atoms with Crippen LogP contribution in [0.2, 0.25) is 10.0 Å². The van der Waals surface area contributed by atoms with Crippen LogP contribution < -0.4 is 14.8 Å². The number of benzene rings is 2. The van der Waals surface area contributed by atoms with Gasteiger partial charge in [0.25, 0.3) is 0 Å². The van der Waals surface area contributed by atoms with E-state index in [0.29, 0.717) is 23.0 Å². The van der Waals surface area contributed by atoms with E-state index in [1.54, 1.807) is 13.2 Å². The van der Waals surface area contributed by atoms with E-state index in [2.05, 4.69) is 17.4 Å². The number of hydrogen-bond acceptors (Lipinski definition) is 3. The second-order valence-electron chi connectivity index (χ2n) is 8.29. The lowest BCUT2D eigenvalue weighted by atomic mass is 9.82. The number of nitrogens with one attached hydrogen (secondary N) is 1. The van der Waals surface area contributed by atoms with Gasteiger partial charge >= 0.3 is 0 Å². The fraction of sp³-hybridized carbons (Fsp3) is 0.458. The van der Waals surface area contributed by atoms with Crippen molar-refractivity contribution in [3.05, 3.63) is 57.6 Å². The maximum atomic E-state index is 12.5. The van der Waals surface area contributed by atoms with Crippen LogP contribution in [0, 0.1) is 5.92 Å². The van der Waals surface area contributed by atoms with Crippen LogP contribution in [0.25, 0.3) is 0 Å². The molecule has 4 rings (SSSR count). The van der Waals surface area contributed by atoms with E-state index in [1.807, 2.05) is 18.2 Å². The number of halogens is 2. The quantitative estimate of drug-likeness (QED) is 0.609. The minimum atomic E-state index is -0.125. The zero-order chi connectivity index (χ0) is 21.1. The average Bonchev–Trinajstić information content (AvgIpc) is 3.22. The first-order valence-corrected chi connectivity index (χ1v) is 11.3. The van der Waals surface area contributed by atoms with Crippen LogP contribution in [0.15, 0.2) is 36.4 Å². The van der Waals surface area contributed by atoms with Gasteiger partial charge in [-0.3, -0.25) is 4.79 Å². The van der Waals surface area contributed by atoms with Crippen molar-refractivity contribution in [1.82, 2.24) is 5.32 Å². The summed E-state index contributed by atoms with van der Waals surface area (Å²) in [5.41, 5.74) is 2.14. The number of rotatable bonds is 6. The molecule has 2 atom stereocenters. The molecular formula is C24H27Cl2NO3. The van der Waals surface area contributed by atoms with Crippen LogP contribution >= 0.6 is 23.2 Å². The number of amides is 1. The lowest BCUT2D eigenvalue weighted by Crippen LogP contribution is -2.41. The molecule has 0 aromatic heterocycles. The molecule has 2 aromatic rings. The molecular weight excluding hydrogens is 421 g/mol. The number of ether oxygens (including phenoxy) is 2. The van der Waals surface area contributed by atoms with Crippen molar-refractivity contribution in [3.63, 3.8) is 0 Å². The summed E-state index contributed by atoms with van der Waals surface area (Å²) in [6.45, 7) is 0.626. The van der Waals surface area contributed by atoms with Gasteiger partial charge < -0.3 is 14.8 Å². The van der Waals surface area contributed by atoms with Gasteiger partial charge in [-0.1, -0.05) is 29.3 Å². The zero-order valence-electron chi connectivity index (χ0n) is 17.1. The summed E-state index contributed by atoms with van der Waals surface area (Å²) in [5, 5.41) is 4.26. The Hall–Kier alpha value is -1.91. The smallest absolute Gasteiger partial charge is 0.223 e. The normalized spacial score (nSPS) is 22.0. The van der Waals surface area contributed by atoms with Crippen molar-refractivity contribution >= 4 is 29.1 Å². The third-order valence-electron chi connectivity index (χ3n) is 6.12. The van der Waals surface area contributed by atoms with E-state index in [9.17, 15) is 4.79 Å². The van der Waals surface area contributed by atoms with Gasteiger partial charge in [0.1, 0.15) is 0 Å². The Morgan fingerprint density at radius 3 is 2.47 bits per heavy atom. The molecule has 1 saturated heterocycles. The molecule has 1 saturated carbocycles. The zero-order valence-corrected chi connectivity index (χ0v) is 18.6. The predicted molar refractivity (Wildman–Crippen MR) is 120 cm³/mol. The monoisotopic (exact) mass is 447 g/mol. The van der Waals surface area contributed by atoms with Crippen LogP contribution in [0.1, 0.15) is 49.1 Å². The summed E-state index contributed by atoms with van der Waals surface area (Å²) >= 11 is 12.3. The van der Waals surface area contributed by atoms with E-state index in [-0.39, 0.29) is 23.8 Å². The van der Waals surface area contributed by atoms with Crippen molar-refractivity contribution in [2.45, 2.75) is 50.5 Å². The second kappa shape index (κ2) is 9.49. The summed E-state index contributed by atoms with van der Waals surface area (Å²) in [6, 6.07) is 11.6. The Kier molecular flexibility index (Phi) is 6.74. The molecule has 0 radical (unpaired) electrons. The maximum absolute atomic E-state index is 12.5. The van der Waals surface area contributed by atoms with Crippen LogP contribution in [-0.4, -0.2) is 25.7 Å². The summed E-state index contributed by atoms with van der Waals surface area (Å²) in [5.74, 6) is 1.74. The van der Waals surface area contributed by atoms with Crippen LogP contribution in [0.5, 0.6) is 11.5 Å².